The van der Waals surface area contributed by atoms with Crippen LogP contribution in [0.25, 0.3) is 0 Å². The SMILES string of the molecule is c1cnc2c(c1)CCCNC2. The zero-order chi connectivity index (χ0) is 7.52. The minimum absolute atomic E-state index is 0.941. The maximum atomic E-state index is 4.32. The summed E-state index contributed by atoms with van der Waals surface area (Å²) in [6.45, 7) is 2.06. The number of hydrogen-bond acceptors (Lipinski definition) is 2. The summed E-state index contributed by atoms with van der Waals surface area (Å²) in [6.07, 6.45) is 4.28. The van der Waals surface area contributed by atoms with Crippen LogP contribution in [0.5, 0.6) is 0 Å². The summed E-state index contributed by atoms with van der Waals surface area (Å²) < 4.78 is 0. The summed E-state index contributed by atoms with van der Waals surface area (Å²) in [5.74, 6) is 0. The van der Waals surface area contributed by atoms with Crippen LogP contribution in [0.3, 0.4) is 0 Å². The first-order chi connectivity index (χ1) is 5.47. The zero-order valence-corrected chi connectivity index (χ0v) is 6.51. The van der Waals surface area contributed by atoms with Crippen LogP contribution in [0, 0.1) is 0 Å². The average molecular weight is 148 g/mol. The summed E-state index contributed by atoms with van der Waals surface area (Å²) in [6, 6.07) is 4.19. The van der Waals surface area contributed by atoms with Crippen LogP contribution in [-0.4, -0.2) is 11.5 Å². The van der Waals surface area contributed by atoms with Crippen LogP contribution in [0.4, 0.5) is 0 Å². The fraction of sp³-hybridized carbons (Fsp3) is 0.444. The molecule has 0 aliphatic carbocycles. The molecule has 58 valence electrons. The summed E-state index contributed by atoms with van der Waals surface area (Å²) >= 11 is 0. The number of rotatable bonds is 0. The Balaban J connectivity index is 2.33. The third-order valence-corrected chi connectivity index (χ3v) is 2.08. The predicted molar refractivity (Wildman–Crippen MR) is 44.3 cm³/mol. The van der Waals surface area contributed by atoms with E-state index in [0.717, 1.165) is 13.1 Å². The Morgan fingerprint density at radius 3 is 3.45 bits per heavy atom. The molecule has 0 saturated carbocycles. The second-order valence-electron chi connectivity index (χ2n) is 2.89. The van der Waals surface area contributed by atoms with Gasteiger partial charge in [-0.2, -0.15) is 0 Å². The minimum Gasteiger partial charge on any atom is -0.311 e. The second kappa shape index (κ2) is 3.01. The lowest BCUT2D eigenvalue weighted by Crippen LogP contribution is -2.12. The fourth-order valence-electron chi connectivity index (χ4n) is 1.47. The van der Waals surface area contributed by atoms with Crippen molar-refractivity contribution >= 4 is 0 Å². The summed E-state index contributed by atoms with van der Waals surface area (Å²) in [5, 5.41) is 3.34. The van der Waals surface area contributed by atoms with E-state index in [1.807, 2.05) is 12.3 Å². The first-order valence-electron chi connectivity index (χ1n) is 4.10. The molecule has 2 rings (SSSR count). The van der Waals surface area contributed by atoms with Gasteiger partial charge >= 0.3 is 0 Å². The van der Waals surface area contributed by atoms with Gasteiger partial charge in [-0.25, -0.2) is 0 Å². The number of fused-ring (bicyclic) bond motifs is 1. The Bertz CT molecular complexity index is 220. The third kappa shape index (κ3) is 1.40. The molecule has 0 spiro atoms. The maximum absolute atomic E-state index is 4.32. The lowest BCUT2D eigenvalue weighted by molar-refractivity contribution is 0.674. The van der Waals surface area contributed by atoms with Gasteiger partial charge in [0.15, 0.2) is 0 Å². The number of aryl methyl sites for hydroxylation is 1. The van der Waals surface area contributed by atoms with Gasteiger partial charge in [0.05, 0.1) is 5.69 Å². The van der Waals surface area contributed by atoms with Crippen LogP contribution in [0.15, 0.2) is 18.3 Å². The third-order valence-electron chi connectivity index (χ3n) is 2.08. The van der Waals surface area contributed by atoms with Crippen molar-refractivity contribution in [1.82, 2.24) is 10.3 Å². The molecule has 1 aromatic rings. The molecular formula is C9H12N2. The standard InChI is InChI=1S/C9H12N2/c1-3-8-4-2-6-11-9(8)7-10-5-1/h2,4,6,10H,1,3,5,7H2. The van der Waals surface area contributed by atoms with E-state index in [2.05, 4.69) is 16.4 Å². The minimum atomic E-state index is 0.941. The summed E-state index contributed by atoms with van der Waals surface area (Å²) in [7, 11) is 0. The zero-order valence-electron chi connectivity index (χ0n) is 6.51. The molecule has 2 nitrogen and oxygen atoms in total. The van der Waals surface area contributed by atoms with E-state index in [9.17, 15) is 0 Å². The van der Waals surface area contributed by atoms with E-state index in [1.54, 1.807) is 0 Å². The first kappa shape index (κ1) is 6.80. The molecule has 0 atom stereocenters. The van der Waals surface area contributed by atoms with E-state index in [-0.39, 0.29) is 0 Å². The van der Waals surface area contributed by atoms with Crippen molar-refractivity contribution in [3.8, 4) is 0 Å². The van der Waals surface area contributed by atoms with Gasteiger partial charge < -0.3 is 5.32 Å². The molecule has 0 radical (unpaired) electrons. The van der Waals surface area contributed by atoms with E-state index < -0.39 is 0 Å². The number of hydrogen-bond donors (Lipinski definition) is 1. The van der Waals surface area contributed by atoms with Crippen molar-refractivity contribution in [3.05, 3.63) is 29.6 Å². The number of nitrogens with one attached hydrogen (secondary N) is 1. The Morgan fingerprint density at radius 2 is 2.45 bits per heavy atom. The molecule has 1 aliphatic heterocycles. The van der Waals surface area contributed by atoms with Gasteiger partial charge in [0.25, 0.3) is 0 Å². The van der Waals surface area contributed by atoms with Crippen LogP contribution in [0.1, 0.15) is 17.7 Å². The fourth-order valence-corrected chi connectivity index (χ4v) is 1.47. The van der Waals surface area contributed by atoms with Crippen molar-refractivity contribution in [2.24, 2.45) is 0 Å². The molecule has 1 aliphatic rings. The molecule has 0 saturated heterocycles. The van der Waals surface area contributed by atoms with E-state index in [1.165, 1.54) is 24.1 Å². The van der Waals surface area contributed by atoms with E-state index in [4.69, 9.17) is 0 Å². The molecule has 2 heterocycles. The predicted octanol–water partition coefficient (Wildman–Crippen LogP) is 1.12. The second-order valence-corrected chi connectivity index (χ2v) is 2.89. The molecule has 0 amide bonds. The maximum Gasteiger partial charge on any atom is 0.0573 e. The molecule has 11 heavy (non-hydrogen) atoms. The Morgan fingerprint density at radius 1 is 1.45 bits per heavy atom. The molecule has 2 heteroatoms. The molecular weight excluding hydrogens is 136 g/mol. The topological polar surface area (TPSA) is 24.9 Å². The Kier molecular flexibility index (Phi) is 1.86. The molecule has 0 aromatic carbocycles. The van der Waals surface area contributed by atoms with Crippen molar-refractivity contribution in [2.75, 3.05) is 6.54 Å². The van der Waals surface area contributed by atoms with E-state index in [0.29, 0.717) is 0 Å². The lowest BCUT2D eigenvalue weighted by Gasteiger charge is -2.01. The first-order valence-corrected chi connectivity index (χ1v) is 4.10. The molecule has 0 unspecified atom stereocenters. The van der Waals surface area contributed by atoms with E-state index >= 15 is 0 Å². The average Bonchev–Trinajstić information content (AvgIpc) is 2.28. The van der Waals surface area contributed by atoms with Gasteiger partial charge in [0.2, 0.25) is 0 Å². The molecule has 0 fully saturated rings. The van der Waals surface area contributed by atoms with Crippen molar-refractivity contribution in [1.29, 1.82) is 0 Å². The Labute approximate surface area is 66.7 Å². The van der Waals surface area contributed by atoms with Crippen LogP contribution in [-0.2, 0) is 13.0 Å². The normalized spacial score (nSPS) is 17.1. The summed E-state index contributed by atoms with van der Waals surface area (Å²) in [4.78, 5) is 4.32. The number of pyridine rings is 1. The molecule has 1 aromatic heterocycles. The van der Waals surface area contributed by atoms with Gasteiger partial charge in [0, 0.05) is 12.7 Å². The Hall–Kier alpha value is -0.890. The van der Waals surface area contributed by atoms with Gasteiger partial charge in [-0.05, 0) is 31.0 Å². The van der Waals surface area contributed by atoms with Crippen molar-refractivity contribution in [3.63, 3.8) is 0 Å². The molecule has 1 N–H and O–H groups in total. The number of aromatic nitrogens is 1. The highest BCUT2D eigenvalue weighted by atomic mass is 14.9. The lowest BCUT2D eigenvalue weighted by atomic mass is 10.1. The highest BCUT2D eigenvalue weighted by Gasteiger charge is 2.05. The smallest absolute Gasteiger partial charge is 0.0573 e. The van der Waals surface area contributed by atoms with Crippen molar-refractivity contribution in [2.45, 2.75) is 19.4 Å². The highest BCUT2D eigenvalue weighted by molar-refractivity contribution is 5.20. The van der Waals surface area contributed by atoms with Crippen LogP contribution < -0.4 is 5.32 Å². The van der Waals surface area contributed by atoms with Gasteiger partial charge in [-0.15, -0.1) is 0 Å². The van der Waals surface area contributed by atoms with Gasteiger partial charge in [-0.1, -0.05) is 6.07 Å². The van der Waals surface area contributed by atoms with Crippen molar-refractivity contribution < 1.29 is 0 Å². The monoisotopic (exact) mass is 148 g/mol. The quantitative estimate of drug-likeness (QED) is 0.596. The van der Waals surface area contributed by atoms with Crippen LogP contribution in [0.2, 0.25) is 0 Å². The highest BCUT2D eigenvalue weighted by Crippen LogP contribution is 2.10. The largest absolute Gasteiger partial charge is 0.311 e. The summed E-state index contributed by atoms with van der Waals surface area (Å²) in [5.41, 5.74) is 2.64. The van der Waals surface area contributed by atoms with Gasteiger partial charge in [0.1, 0.15) is 0 Å². The van der Waals surface area contributed by atoms with Crippen LogP contribution >= 0.6 is 0 Å². The van der Waals surface area contributed by atoms with Gasteiger partial charge in [-0.3, -0.25) is 4.98 Å². The molecule has 0 bridgehead atoms. The number of nitrogens with zero attached hydrogens (tertiary/aromatic N) is 1.